The molecule has 0 aromatic heterocycles. The van der Waals surface area contributed by atoms with E-state index in [4.69, 9.17) is 0 Å². The van der Waals surface area contributed by atoms with Crippen LogP contribution in [0, 0.1) is 0 Å². The molecule has 1 unspecified atom stereocenters. The lowest BCUT2D eigenvalue weighted by atomic mass is 9.80. The lowest BCUT2D eigenvalue weighted by Crippen LogP contribution is -2.06. The van der Waals surface area contributed by atoms with Gasteiger partial charge in [-0.2, -0.15) is 0 Å². The van der Waals surface area contributed by atoms with E-state index in [2.05, 4.69) is 50.8 Å². The van der Waals surface area contributed by atoms with Gasteiger partial charge in [-0.3, -0.25) is 0 Å². The number of allylic oxidation sites excluding steroid dienone is 5. The lowest BCUT2D eigenvalue weighted by Gasteiger charge is -2.25. The van der Waals surface area contributed by atoms with Crippen molar-refractivity contribution < 1.29 is 0 Å². The summed E-state index contributed by atoms with van der Waals surface area (Å²) in [5.74, 6) is 0.615. The van der Waals surface area contributed by atoms with Crippen molar-refractivity contribution in [2.75, 3.05) is 0 Å². The lowest BCUT2D eigenvalue weighted by molar-refractivity contribution is 0.748. The molecule has 0 nitrogen and oxygen atoms in total. The fourth-order valence-corrected chi connectivity index (χ4v) is 2.41. The van der Waals surface area contributed by atoms with E-state index >= 15 is 0 Å². The number of fused-ring (bicyclic) bond motifs is 1. The van der Waals surface area contributed by atoms with Crippen LogP contribution < -0.4 is 0 Å². The Morgan fingerprint density at radius 2 is 2.06 bits per heavy atom. The van der Waals surface area contributed by atoms with Crippen molar-refractivity contribution in [3.05, 3.63) is 65.8 Å². The highest BCUT2D eigenvalue weighted by Gasteiger charge is 2.19. The van der Waals surface area contributed by atoms with Gasteiger partial charge in [0.1, 0.15) is 0 Å². The van der Waals surface area contributed by atoms with Crippen LogP contribution in [0.3, 0.4) is 0 Å². The Bertz CT molecular complexity index is 461. The van der Waals surface area contributed by atoms with Crippen LogP contribution in [0.15, 0.2) is 54.6 Å². The van der Waals surface area contributed by atoms with Crippen LogP contribution in [0.25, 0.3) is 5.57 Å². The Balaban J connectivity index is 2.51. The second-order valence-corrected chi connectivity index (χ2v) is 4.44. The van der Waals surface area contributed by atoms with Gasteiger partial charge in [0.05, 0.1) is 0 Å². The molecule has 1 aromatic carbocycles. The molecule has 0 amide bonds. The Morgan fingerprint density at radius 1 is 1.31 bits per heavy atom. The molecule has 0 bridgehead atoms. The van der Waals surface area contributed by atoms with E-state index in [9.17, 15) is 0 Å². The summed E-state index contributed by atoms with van der Waals surface area (Å²) >= 11 is 0. The van der Waals surface area contributed by atoms with Crippen LogP contribution in [0.2, 0.25) is 0 Å². The van der Waals surface area contributed by atoms with Crippen molar-refractivity contribution in [1.82, 2.24) is 0 Å². The zero-order chi connectivity index (χ0) is 11.5. The number of rotatable bonds is 2. The van der Waals surface area contributed by atoms with E-state index in [1.54, 1.807) is 0 Å². The third-order valence-corrected chi connectivity index (χ3v) is 3.34. The van der Waals surface area contributed by atoms with Gasteiger partial charge < -0.3 is 0 Å². The fraction of sp³-hybridized carbons (Fsp3) is 0.250. The molecule has 0 heteroatoms. The molecular formula is C16H18. The zero-order valence-electron chi connectivity index (χ0n) is 10.0. The molecule has 1 aliphatic rings. The van der Waals surface area contributed by atoms with Crippen molar-refractivity contribution in [1.29, 1.82) is 0 Å². The molecule has 82 valence electrons. The van der Waals surface area contributed by atoms with Gasteiger partial charge in [0.25, 0.3) is 0 Å². The fourth-order valence-electron chi connectivity index (χ4n) is 2.41. The Kier molecular flexibility index (Phi) is 3.09. The van der Waals surface area contributed by atoms with Gasteiger partial charge in [0, 0.05) is 0 Å². The first-order valence-electron chi connectivity index (χ1n) is 5.82. The molecular weight excluding hydrogens is 192 g/mol. The normalized spacial score (nSPS) is 20.0. The molecule has 1 aromatic rings. The number of hydrogen-bond acceptors (Lipinski definition) is 0. The molecule has 1 atom stereocenters. The maximum atomic E-state index is 3.72. The first-order chi connectivity index (χ1) is 7.74. The third-order valence-electron chi connectivity index (χ3n) is 3.34. The van der Waals surface area contributed by atoms with Crippen LogP contribution in [-0.2, 0) is 0 Å². The van der Waals surface area contributed by atoms with E-state index in [1.165, 1.54) is 22.3 Å². The smallest absolute Gasteiger partial charge is 0.0144 e. The van der Waals surface area contributed by atoms with Gasteiger partial charge >= 0.3 is 0 Å². The molecule has 0 saturated carbocycles. The molecule has 16 heavy (non-hydrogen) atoms. The summed E-state index contributed by atoms with van der Waals surface area (Å²) in [6.45, 7) is 8.24. The van der Waals surface area contributed by atoms with E-state index in [-0.39, 0.29) is 0 Å². The van der Waals surface area contributed by atoms with Crippen molar-refractivity contribution in [2.45, 2.75) is 26.2 Å². The average Bonchev–Trinajstić information content (AvgIpc) is 2.32. The van der Waals surface area contributed by atoms with Crippen LogP contribution in [0.4, 0.5) is 0 Å². The van der Waals surface area contributed by atoms with Gasteiger partial charge in [0.15, 0.2) is 0 Å². The van der Waals surface area contributed by atoms with E-state index < -0.39 is 0 Å². The minimum atomic E-state index is 0.615. The summed E-state index contributed by atoms with van der Waals surface area (Å²) in [6, 6.07) is 8.72. The van der Waals surface area contributed by atoms with Crippen LogP contribution in [-0.4, -0.2) is 0 Å². The summed E-state index contributed by atoms with van der Waals surface area (Å²) in [6.07, 6.45) is 7.19. The third kappa shape index (κ3) is 1.88. The highest BCUT2D eigenvalue weighted by Crippen LogP contribution is 2.38. The Morgan fingerprint density at radius 3 is 2.81 bits per heavy atom. The SMILES string of the molecule is C=C/C=C\C1=C(C)c2ccccc2C(C)C1. The monoisotopic (exact) mass is 210 g/mol. The summed E-state index contributed by atoms with van der Waals surface area (Å²) in [5, 5.41) is 0. The van der Waals surface area contributed by atoms with Gasteiger partial charge in [-0.15, -0.1) is 0 Å². The van der Waals surface area contributed by atoms with Gasteiger partial charge in [0.2, 0.25) is 0 Å². The number of hydrogen-bond donors (Lipinski definition) is 0. The number of benzene rings is 1. The summed E-state index contributed by atoms with van der Waals surface area (Å²) < 4.78 is 0. The summed E-state index contributed by atoms with van der Waals surface area (Å²) in [7, 11) is 0. The second kappa shape index (κ2) is 4.52. The predicted molar refractivity (Wildman–Crippen MR) is 71.4 cm³/mol. The largest absolute Gasteiger partial charge is 0.0991 e. The second-order valence-electron chi connectivity index (χ2n) is 4.44. The van der Waals surface area contributed by atoms with Crippen LogP contribution >= 0.6 is 0 Å². The van der Waals surface area contributed by atoms with Gasteiger partial charge in [-0.1, -0.05) is 56.0 Å². The van der Waals surface area contributed by atoms with Crippen LogP contribution in [0.1, 0.15) is 37.3 Å². The molecule has 0 heterocycles. The molecule has 0 fully saturated rings. The molecule has 1 aliphatic carbocycles. The minimum absolute atomic E-state index is 0.615. The van der Waals surface area contributed by atoms with Crippen LogP contribution in [0.5, 0.6) is 0 Å². The average molecular weight is 210 g/mol. The van der Waals surface area contributed by atoms with Crippen molar-refractivity contribution >= 4 is 5.57 Å². The standard InChI is InChI=1S/C16H18/c1-4-5-8-14-11-12(2)15-9-6-7-10-16(15)13(14)3/h4-10,12H,1,11H2,2-3H3/b8-5-. The molecule has 2 rings (SSSR count). The molecule has 0 saturated heterocycles. The maximum Gasteiger partial charge on any atom is -0.0144 e. The first-order valence-corrected chi connectivity index (χ1v) is 5.82. The van der Waals surface area contributed by atoms with Crippen molar-refractivity contribution in [3.63, 3.8) is 0 Å². The van der Waals surface area contributed by atoms with E-state index in [1.807, 2.05) is 12.2 Å². The van der Waals surface area contributed by atoms with Crippen molar-refractivity contribution in [3.8, 4) is 0 Å². The Labute approximate surface area is 98.0 Å². The summed E-state index contributed by atoms with van der Waals surface area (Å²) in [4.78, 5) is 0. The predicted octanol–water partition coefficient (Wildman–Crippen LogP) is 4.71. The topological polar surface area (TPSA) is 0 Å². The first kappa shape index (κ1) is 10.9. The highest BCUT2D eigenvalue weighted by molar-refractivity contribution is 5.74. The summed E-state index contributed by atoms with van der Waals surface area (Å²) in [5.41, 5.74) is 5.73. The molecule has 0 spiro atoms. The highest BCUT2D eigenvalue weighted by atomic mass is 14.2. The minimum Gasteiger partial charge on any atom is -0.0991 e. The molecule has 0 radical (unpaired) electrons. The zero-order valence-corrected chi connectivity index (χ0v) is 10.0. The van der Waals surface area contributed by atoms with E-state index in [0.717, 1.165) is 6.42 Å². The quantitative estimate of drug-likeness (QED) is 0.620. The molecule has 0 N–H and O–H groups in total. The maximum absolute atomic E-state index is 3.72. The van der Waals surface area contributed by atoms with Crippen molar-refractivity contribution in [2.24, 2.45) is 0 Å². The van der Waals surface area contributed by atoms with Gasteiger partial charge in [-0.25, -0.2) is 0 Å². The molecule has 0 aliphatic heterocycles. The van der Waals surface area contributed by atoms with E-state index in [0.29, 0.717) is 5.92 Å². The Hall–Kier alpha value is -1.56. The van der Waals surface area contributed by atoms with Gasteiger partial charge in [-0.05, 0) is 41.5 Å².